The highest BCUT2D eigenvalue weighted by molar-refractivity contribution is 9.10. The zero-order chi connectivity index (χ0) is 15.9. The number of nitrogens with one attached hydrogen (secondary N) is 2. The first-order valence-electron chi connectivity index (χ1n) is 6.53. The third kappa shape index (κ3) is 5.39. The van der Waals surface area contributed by atoms with Crippen LogP contribution in [0.15, 0.2) is 27.6 Å². The van der Waals surface area contributed by atoms with Gasteiger partial charge in [0, 0.05) is 11.0 Å². The quantitative estimate of drug-likeness (QED) is 0.529. The molecule has 0 saturated heterocycles. The molecule has 0 aliphatic carbocycles. The molecule has 21 heavy (non-hydrogen) atoms. The van der Waals surface area contributed by atoms with Crippen molar-refractivity contribution in [2.75, 3.05) is 26.7 Å². The highest BCUT2D eigenvalue weighted by Crippen LogP contribution is 2.23. The SMILES string of the molecule is CCOC(=O)c1ccc(S(=O)(=O)NCCCNC)c(Br)c1. The van der Waals surface area contributed by atoms with Gasteiger partial charge in [-0.2, -0.15) is 0 Å². The second kappa shape index (κ2) is 8.47. The average molecular weight is 379 g/mol. The Kier molecular flexibility index (Phi) is 7.30. The zero-order valence-electron chi connectivity index (χ0n) is 12.0. The molecule has 0 bridgehead atoms. The summed E-state index contributed by atoms with van der Waals surface area (Å²) in [5, 5.41) is 2.94. The number of hydrogen-bond donors (Lipinski definition) is 2. The molecular weight excluding hydrogens is 360 g/mol. The summed E-state index contributed by atoms with van der Waals surface area (Å²) in [7, 11) is -1.80. The molecule has 1 aromatic carbocycles. The van der Waals surface area contributed by atoms with Gasteiger partial charge >= 0.3 is 5.97 Å². The summed E-state index contributed by atoms with van der Waals surface area (Å²) < 4.78 is 32.0. The molecule has 0 heterocycles. The van der Waals surface area contributed by atoms with Gasteiger partial charge in [0.2, 0.25) is 10.0 Å². The van der Waals surface area contributed by atoms with E-state index >= 15 is 0 Å². The molecule has 0 radical (unpaired) electrons. The van der Waals surface area contributed by atoms with Crippen LogP contribution in [-0.4, -0.2) is 41.1 Å². The lowest BCUT2D eigenvalue weighted by molar-refractivity contribution is 0.0526. The summed E-state index contributed by atoms with van der Waals surface area (Å²) in [4.78, 5) is 11.7. The smallest absolute Gasteiger partial charge is 0.338 e. The van der Waals surface area contributed by atoms with E-state index < -0.39 is 16.0 Å². The standard InChI is InChI=1S/C13H19BrN2O4S/c1-3-20-13(17)10-5-6-12(11(14)9-10)21(18,19)16-8-4-7-15-2/h5-6,9,15-16H,3-4,7-8H2,1-2H3. The fourth-order valence-corrected chi connectivity index (χ4v) is 3.76. The number of ether oxygens (including phenoxy) is 1. The monoisotopic (exact) mass is 378 g/mol. The van der Waals surface area contributed by atoms with Gasteiger partial charge in [-0.05, 0) is 61.1 Å². The number of hydrogen-bond acceptors (Lipinski definition) is 5. The van der Waals surface area contributed by atoms with Crippen LogP contribution >= 0.6 is 15.9 Å². The zero-order valence-corrected chi connectivity index (χ0v) is 14.4. The normalized spacial score (nSPS) is 11.4. The third-order valence-electron chi connectivity index (χ3n) is 2.63. The molecule has 1 aromatic rings. The molecular formula is C13H19BrN2O4S. The number of carbonyl (C=O) groups excluding carboxylic acids is 1. The van der Waals surface area contributed by atoms with E-state index in [2.05, 4.69) is 26.0 Å². The van der Waals surface area contributed by atoms with Gasteiger partial charge in [0.1, 0.15) is 0 Å². The number of carbonyl (C=O) groups is 1. The van der Waals surface area contributed by atoms with E-state index in [1.807, 2.05) is 0 Å². The summed E-state index contributed by atoms with van der Waals surface area (Å²) in [5.41, 5.74) is 0.304. The van der Waals surface area contributed by atoms with Crippen LogP contribution in [0, 0.1) is 0 Å². The molecule has 1 rings (SSSR count). The minimum atomic E-state index is -3.60. The van der Waals surface area contributed by atoms with Crippen molar-refractivity contribution in [1.29, 1.82) is 0 Å². The molecule has 6 nitrogen and oxygen atoms in total. The lowest BCUT2D eigenvalue weighted by atomic mass is 10.2. The van der Waals surface area contributed by atoms with Crippen LogP contribution in [0.5, 0.6) is 0 Å². The molecule has 0 aliphatic heterocycles. The molecule has 0 unspecified atom stereocenters. The summed E-state index contributed by atoms with van der Waals surface area (Å²) in [6.45, 7) is 3.05. The van der Waals surface area contributed by atoms with Crippen molar-refractivity contribution in [1.82, 2.24) is 10.0 Å². The van der Waals surface area contributed by atoms with Crippen LogP contribution in [0.1, 0.15) is 23.7 Å². The largest absolute Gasteiger partial charge is 0.462 e. The Labute approximate surface area is 133 Å². The second-order valence-electron chi connectivity index (χ2n) is 4.22. The summed E-state index contributed by atoms with van der Waals surface area (Å²) in [6.07, 6.45) is 0.689. The predicted molar refractivity (Wildman–Crippen MR) is 83.8 cm³/mol. The van der Waals surface area contributed by atoms with E-state index in [0.29, 0.717) is 23.0 Å². The third-order valence-corrected chi connectivity index (χ3v) is 5.07. The number of sulfonamides is 1. The highest BCUT2D eigenvalue weighted by atomic mass is 79.9. The van der Waals surface area contributed by atoms with Crippen LogP contribution in [-0.2, 0) is 14.8 Å². The fraction of sp³-hybridized carbons (Fsp3) is 0.462. The molecule has 0 saturated carbocycles. The van der Waals surface area contributed by atoms with Crippen LogP contribution in [0.3, 0.4) is 0 Å². The van der Waals surface area contributed by atoms with Gasteiger partial charge in [-0.3, -0.25) is 0 Å². The molecule has 8 heteroatoms. The predicted octanol–water partition coefficient (Wildman–Crippen LogP) is 1.51. The Morgan fingerprint density at radius 2 is 2.05 bits per heavy atom. The van der Waals surface area contributed by atoms with E-state index in [1.54, 1.807) is 14.0 Å². The summed E-state index contributed by atoms with van der Waals surface area (Å²) in [6, 6.07) is 4.27. The Hall–Kier alpha value is -0.960. The van der Waals surface area contributed by atoms with Crippen molar-refractivity contribution in [3.63, 3.8) is 0 Å². The summed E-state index contributed by atoms with van der Waals surface area (Å²) in [5.74, 6) is -0.482. The molecule has 0 aliphatic rings. The minimum absolute atomic E-state index is 0.0972. The van der Waals surface area contributed by atoms with Crippen LogP contribution in [0.2, 0.25) is 0 Å². The van der Waals surface area contributed by atoms with Crippen LogP contribution < -0.4 is 10.0 Å². The fourth-order valence-electron chi connectivity index (χ4n) is 1.61. The van der Waals surface area contributed by atoms with Crippen molar-refractivity contribution in [2.45, 2.75) is 18.2 Å². The van der Waals surface area contributed by atoms with E-state index in [9.17, 15) is 13.2 Å². The van der Waals surface area contributed by atoms with E-state index in [-0.39, 0.29) is 11.5 Å². The van der Waals surface area contributed by atoms with Gasteiger partial charge < -0.3 is 10.1 Å². The topological polar surface area (TPSA) is 84.5 Å². The van der Waals surface area contributed by atoms with Gasteiger partial charge in [0.25, 0.3) is 0 Å². The Balaban J connectivity index is 2.86. The van der Waals surface area contributed by atoms with Crippen molar-refractivity contribution < 1.29 is 17.9 Å². The first-order valence-corrected chi connectivity index (χ1v) is 8.81. The number of benzene rings is 1. The molecule has 2 N–H and O–H groups in total. The highest BCUT2D eigenvalue weighted by Gasteiger charge is 2.19. The Bertz CT molecular complexity index is 590. The molecule has 0 fully saturated rings. The van der Waals surface area contributed by atoms with Crippen LogP contribution in [0.25, 0.3) is 0 Å². The van der Waals surface area contributed by atoms with Crippen molar-refractivity contribution in [3.05, 3.63) is 28.2 Å². The van der Waals surface area contributed by atoms with Gasteiger partial charge in [0.05, 0.1) is 17.1 Å². The maximum atomic E-state index is 12.1. The van der Waals surface area contributed by atoms with Gasteiger partial charge in [-0.1, -0.05) is 0 Å². The molecule has 118 valence electrons. The number of esters is 1. The summed E-state index contributed by atoms with van der Waals surface area (Å²) >= 11 is 3.19. The molecule has 0 amide bonds. The van der Waals surface area contributed by atoms with Gasteiger partial charge in [0.15, 0.2) is 0 Å². The van der Waals surface area contributed by atoms with Crippen molar-refractivity contribution >= 4 is 31.9 Å². The van der Waals surface area contributed by atoms with E-state index in [1.165, 1.54) is 18.2 Å². The second-order valence-corrected chi connectivity index (χ2v) is 6.81. The maximum Gasteiger partial charge on any atom is 0.338 e. The molecule has 0 aromatic heterocycles. The first-order chi connectivity index (χ1) is 9.92. The van der Waals surface area contributed by atoms with E-state index in [4.69, 9.17) is 4.74 Å². The average Bonchev–Trinajstić information content (AvgIpc) is 2.43. The van der Waals surface area contributed by atoms with Crippen LogP contribution in [0.4, 0.5) is 0 Å². The number of halogens is 1. The Morgan fingerprint density at radius 1 is 1.33 bits per heavy atom. The lowest BCUT2D eigenvalue weighted by Gasteiger charge is -2.09. The van der Waals surface area contributed by atoms with Gasteiger partial charge in [-0.25, -0.2) is 17.9 Å². The maximum absolute atomic E-state index is 12.1. The molecule has 0 spiro atoms. The molecule has 0 atom stereocenters. The first kappa shape index (κ1) is 18.1. The van der Waals surface area contributed by atoms with Crippen molar-refractivity contribution in [2.24, 2.45) is 0 Å². The van der Waals surface area contributed by atoms with Gasteiger partial charge in [-0.15, -0.1) is 0 Å². The minimum Gasteiger partial charge on any atom is -0.462 e. The Morgan fingerprint density at radius 3 is 2.62 bits per heavy atom. The van der Waals surface area contributed by atoms with E-state index in [0.717, 1.165) is 6.54 Å². The number of rotatable bonds is 8. The lowest BCUT2D eigenvalue weighted by Crippen LogP contribution is -2.27. The van der Waals surface area contributed by atoms with Crippen molar-refractivity contribution in [3.8, 4) is 0 Å².